The van der Waals surface area contributed by atoms with Crippen LogP contribution in [0.25, 0.3) is 0 Å². The molecule has 2 N–H and O–H groups in total. The average Bonchev–Trinajstić information content (AvgIpc) is 2.06. The summed E-state index contributed by atoms with van der Waals surface area (Å²) in [6.45, 7) is 2.18. The molecule has 58 valence electrons. The van der Waals surface area contributed by atoms with Crippen LogP contribution in [0.5, 0.6) is 0 Å². The zero-order valence-corrected chi connectivity index (χ0v) is 7.80. The maximum absolute atomic E-state index is 5.50. The molecule has 1 aromatic rings. The molecule has 0 aliphatic rings. The van der Waals surface area contributed by atoms with Crippen LogP contribution in [0.3, 0.4) is 0 Å². The van der Waals surface area contributed by atoms with Gasteiger partial charge in [-0.1, -0.05) is 36.4 Å². The topological polar surface area (TPSA) is 26.0 Å². The van der Waals surface area contributed by atoms with Gasteiger partial charge in [0.1, 0.15) is 0 Å². The summed E-state index contributed by atoms with van der Waals surface area (Å²) in [6.07, 6.45) is 1.89. The van der Waals surface area contributed by atoms with Crippen LogP contribution < -0.4 is 10.9 Å². The van der Waals surface area contributed by atoms with E-state index in [2.05, 4.69) is 31.2 Å². The summed E-state index contributed by atoms with van der Waals surface area (Å²) in [6, 6.07) is 8.52. The van der Waals surface area contributed by atoms with Crippen molar-refractivity contribution in [2.24, 2.45) is 5.73 Å². The third kappa shape index (κ3) is 2.17. The molecule has 0 saturated carbocycles. The summed E-state index contributed by atoms with van der Waals surface area (Å²) >= 11 is 0. The van der Waals surface area contributed by atoms with E-state index in [4.69, 9.17) is 5.73 Å². The van der Waals surface area contributed by atoms with Crippen molar-refractivity contribution in [3.8, 4) is 0 Å². The number of aryl methyl sites for hydroxylation is 1. The van der Waals surface area contributed by atoms with Crippen molar-refractivity contribution in [1.29, 1.82) is 0 Å². The summed E-state index contributed by atoms with van der Waals surface area (Å²) in [7, 11) is 0.771. The fourth-order valence-electron chi connectivity index (χ4n) is 1.11. The molecular formula is C9H13NSi. The first-order valence-corrected chi connectivity index (χ1v) is 5.11. The van der Waals surface area contributed by atoms with Gasteiger partial charge in [-0.2, -0.15) is 0 Å². The van der Waals surface area contributed by atoms with E-state index in [1.165, 1.54) is 10.8 Å². The highest BCUT2D eigenvalue weighted by Gasteiger charge is 1.97. The summed E-state index contributed by atoms with van der Waals surface area (Å²) < 4.78 is 0. The second-order valence-corrected chi connectivity index (χ2v) is 3.69. The number of rotatable bonds is 3. The Morgan fingerprint density at radius 2 is 2.09 bits per heavy atom. The van der Waals surface area contributed by atoms with Crippen LogP contribution in [0.1, 0.15) is 12.5 Å². The quantitative estimate of drug-likeness (QED) is 0.645. The van der Waals surface area contributed by atoms with Gasteiger partial charge < -0.3 is 5.73 Å². The normalized spacial score (nSPS) is 10.0. The van der Waals surface area contributed by atoms with Crippen LogP contribution in [0, 0.1) is 0 Å². The Labute approximate surface area is 70.4 Å². The molecule has 1 rings (SSSR count). The van der Waals surface area contributed by atoms with E-state index in [9.17, 15) is 0 Å². The van der Waals surface area contributed by atoms with Gasteiger partial charge in [-0.05, 0) is 18.2 Å². The second-order valence-electron chi connectivity index (χ2n) is 2.39. The molecule has 0 amide bonds. The van der Waals surface area contributed by atoms with Crippen LogP contribution in [0.15, 0.2) is 24.3 Å². The van der Waals surface area contributed by atoms with Crippen LogP contribution >= 0.6 is 0 Å². The molecule has 2 heteroatoms. The fourth-order valence-corrected chi connectivity index (χ4v) is 2.03. The largest absolute Gasteiger partial charge is 0.333 e. The van der Waals surface area contributed by atoms with Crippen LogP contribution in [0.4, 0.5) is 0 Å². The molecule has 0 aliphatic carbocycles. The first-order valence-electron chi connectivity index (χ1n) is 3.90. The molecule has 0 aromatic heterocycles. The molecule has 0 saturated heterocycles. The molecule has 0 bridgehead atoms. The van der Waals surface area contributed by atoms with E-state index < -0.39 is 0 Å². The lowest BCUT2D eigenvalue weighted by Crippen LogP contribution is -2.25. The number of hydrogen-bond donors (Lipinski definition) is 1. The molecule has 2 radical (unpaired) electrons. The minimum Gasteiger partial charge on any atom is -0.333 e. The highest BCUT2D eigenvalue weighted by atomic mass is 28.2. The van der Waals surface area contributed by atoms with Gasteiger partial charge in [-0.15, -0.1) is 0 Å². The van der Waals surface area contributed by atoms with Crippen molar-refractivity contribution >= 4 is 14.7 Å². The molecule has 1 aromatic carbocycles. The highest BCUT2D eigenvalue weighted by molar-refractivity contribution is 6.54. The van der Waals surface area contributed by atoms with E-state index in [1.54, 1.807) is 0 Å². The Kier molecular flexibility index (Phi) is 3.33. The zero-order chi connectivity index (χ0) is 8.10. The zero-order valence-electron chi connectivity index (χ0n) is 6.80. The lowest BCUT2D eigenvalue weighted by molar-refractivity contribution is 1.15. The van der Waals surface area contributed by atoms with Gasteiger partial charge >= 0.3 is 0 Å². The lowest BCUT2D eigenvalue weighted by atomic mass is 10.2. The Morgan fingerprint density at radius 3 is 2.73 bits per heavy atom. The van der Waals surface area contributed by atoms with Gasteiger partial charge in [-0.3, -0.25) is 0 Å². The Bertz CT molecular complexity index is 223. The molecule has 0 heterocycles. The van der Waals surface area contributed by atoms with Gasteiger partial charge in [0.05, 0.1) is 9.52 Å². The van der Waals surface area contributed by atoms with Crippen LogP contribution in [0.2, 0.25) is 0 Å². The van der Waals surface area contributed by atoms with Crippen molar-refractivity contribution in [2.45, 2.75) is 13.3 Å². The maximum atomic E-state index is 5.50. The first kappa shape index (κ1) is 8.49. The van der Waals surface area contributed by atoms with Gasteiger partial charge in [-0.25, -0.2) is 0 Å². The van der Waals surface area contributed by atoms with Crippen molar-refractivity contribution in [2.75, 3.05) is 6.17 Å². The summed E-state index contributed by atoms with van der Waals surface area (Å²) in [5, 5.41) is 1.43. The van der Waals surface area contributed by atoms with Crippen LogP contribution in [-0.4, -0.2) is 15.7 Å². The maximum Gasteiger partial charge on any atom is 0.0977 e. The van der Waals surface area contributed by atoms with Gasteiger partial charge in [0, 0.05) is 0 Å². The molecule has 0 fully saturated rings. The number of nitrogens with two attached hydrogens (primary N) is 1. The van der Waals surface area contributed by atoms with Gasteiger partial charge in [0.25, 0.3) is 0 Å². The second kappa shape index (κ2) is 4.31. The smallest absolute Gasteiger partial charge is 0.0977 e. The van der Waals surface area contributed by atoms with Gasteiger partial charge in [0.15, 0.2) is 0 Å². The van der Waals surface area contributed by atoms with E-state index in [0.29, 0.717) is 0 Å². The predicted octanol–water partition coefficient (Wildman–Crippen LogP) is 0.495. The fraction of sp³-hybridized carbons (Fsp3) is 0.333. The minimum atomic E-state index is 0.771. The Balaban J connectivity index is 2.83. The summed E-state index contributed by atoms with van der Waals surface area (Å²) in [5.74, 6) is 0. The molecule has 0 unspecified atom stereocenters. The van der Waals surface area contributed by atoms with Crippen LogP contribution in [-0.2, 0) is 6.42 Å². The van der Waals surface area contributed by atoms with Gasteiger partial charge in [0.2, 0.25) is 0 Å². The molecule has 11 heavy (non-hydrogen) atoms. The molecule has 0 aliphatic heterocycles. The lowest BCUT2D eigenvalue weighted by Gasteiger charge is -2.03. The summed E-state index contributed by atoms with van der Waals surface area (Å²) in [5.41, 5.74) is 6.94. The van der Waals surface area contributed by atoms with Crippen molar-refractivity contribution in [3.05, 3.63) is 29.8 Å². The Morgan fingerprint density at radius 1 is 1.36 bits per heavy atom. The van der Waals surface area contributed by atoms with Crippen molar-refractivity contribution in [3.63, 3.8) is 0 Å². The first-order chi connectivity index (χ1) is 5.38. The van der Waals surface area contributed by atoms with Crippen molar-refractivity contribution in [1.82, 2.24) is 0 Å². The third-order valence-electron chi connectivity index (χ3n) is 1.69. The Hall–Kier alpha value is -0.603. The molecule has 1 nitrogen and oxygen atoms in total. The SMILES string of the molecule is CCc1ccccc1[Si]CN. The number of benzene rings is 1. The predicted molar refractivity (Wildman–Crippen MR) is 50.3 cm³/mol. The van der Waals surface area contributed by atoms with E-state index in [0.717, 1.165) is 22.1 Å². The molecule has 0 spiro atoms. The van der Waals surface area contributed by atoms with E-state index >= 15 is 0 Å². The molecular weight excluding hydrogens is 150 g/mol. The van der Waals surface area contributed by atoms with E-state index in [1.807, 2.05) is 0 Å². The summed E-state index contributed by atoms with van der Waals surface area (Å²) in [4.78, 5) is 0. The molecule has 0 atom stereocenters. The van der Waals surface area contributed by atoms with Crippen molar-refractivity contribution < 1.29 is 0 Å². The van der Waals surface area contributed by atoms with E-state index in [-0.39, 0.29) is 0 Å². The highest BCUT2D eigenvalue weighted by Crippen LogP contribution is 1.95. The third-order valence-corrected chi connectivity index (χ3v) is 2.76. The standard InChI is InChI=1S/C9H13NSi/c1-2-8-5-3-4-6-9(8)11-7-10/h3-6H,2,7,10H2,1H3. The monoisotopic (exact) mass is 163 g/mol. The average molecular weight is 163 g/mol. The number of hydrogen-bond acceptors (Lipinski definition) is 1. The minimum absolute atomic E-state index is 0.771.